The van der Waals surface area contributed by atoms with Gasteiger partial charge in [-0.1, -0.05) is 147 Å². The molecule has 0 N–H and O–H groups in total. The molecule has 0 fully saturated rings. The van der Waals surface area contributed by atoms with E-state index in [9.17, 15) is 13.0 Å². The van der Waals surface area contributed by atoms with Crippen LogP contribution in [-0.2, 0) is 23.0 Å². The Bertz CT molecular complexity index is 971. The molecule has 204 valence electrons. The zero-order valence-electron chi connectivity index (χ0n) is 24.2. The van der Waals surface area contributed by atoms with Crippen molar-refractivity contribution in [2.45, 2.75) is 147 Å². The summed E-state index contributed by atoms with van der Waals surface area (Å²) in [6, 6.07) is 9.64. The molecule has 0 unspecified atom stereocenters. The number of fused-ring (bicyclic) bond motifs is 1. The Hall–Kier alpha value is 0.246. The fraction of sp³-hybridized carbons (Fsp3) is 0.688. The van der Waals surface area contributed by atoms with Crippen molar-refractivity contribution >= 4 is 20.9 Å². The molecule has 2 rings (SSSR count). The molecule has 0 aliphatic carbocycles. The smallest absolute Gasteiger partial charge is 0.744 e. The SMILES string of the molecule is CCCCCCCCCCCc1cc2ccccc2c(S(=O)(=O)[O-])c1CCCCCCCCCCC.[K+]. The molecule has 0 atom stereocenters. The third-order valence-electron chi connectivity index (χ3n) is 7.53. The van der Waals surface area contributed by atoms with Gasteiger partial charge in [0.05, 0.1) is 4.90 Å². The van der Waals surface area contributed by atoms with Gasteiger partial charge < -0.3 is 4.55 Å². The number of benzene rings is 2. The number of hydrogen-bond donors (Lipinski definition) is 0. The Morgan fingerprint density at radius 3 is 1.54 bits per heavy atom. The second kappa shape index (κ2) is 21.1. The Labute approximate surface area is 271 Å². The van der Waals surface area contributed by atoms with Crippen LogP contribution in [0.1, 0.15) is 141 Å². The monoisotopic (exact) mass is 554 g/mol. The summed E-state index contributed by atoms with van der Waals surface area (Å²) in [6.45, 7) is 4.49. The van der Waals surface area contributed by atoms with Crippen LogP contribution in [0.3, 0.4) is 0 Å². The minimum absolute atomic E-state index is 0. The first kappa shape index (κ1) is 35.3. The Kier molecular flexibility index (Phi) is 20.1. The average molecular weight is 555 g/mol. The van der Waals surface area contributed by atoms with E-state index in [0.29, 0.717) is 11.8 Å². The Morgan fingerprint density at radius 1 is 0.622 bits per heavy atom. The zero-order chi connectivity index (χ0) is 26.1. The summed E-state index contributed by atoms with van der Waals surface area (Å²) in [5.74, 6) is 0. The van der Waals surface area contributed by atoms with E-state index < -0.39 is 10.1 Å². The second-order valence-corrected chi connectivity index (χ2v) is 12.0. The van der Waals surface area contributed by atoms with Crippen molar-refractivity contribution < 1.29 is 64.4 Å². The van der Waals surface area contributed by atoms with E-state index in [-0.39, 0.29) is 56.3 Å². The molecule has 0 saturated heterocycles. The van der Waals surface area contributed by atoms with Crippen LogP contribution >= 0.6 is 0 Å². The zero-order valence-corrected chi connectivity index (χ0v) is 28.1. The summed E-state index contributed by atoms with van der Waals surface area (Å²) in [5, 5.41) is 1.46. The van der Waals surface area contributed by atoms with Gasteiger partial charge in [0.15, 0.2) is 0 Å². The maximum atomic E-state index is 12.4. The average Bonchev–Trinajstić information content (AvgIpc) is 2.85. The van der Waals surface area contributed by atoms with Crippen molar-refractivity contribution in [3.63, 3.8) is 0 Å². The van der Waals surface area contributed by atoms with Crippen LogP contribution < -0.4 is 51.4 Å². The molecule has 37 heavy (non-hydrogen) atoms. The van der Waals surface area contributed by atoms with Gasteiger partial charge in [-0.15, -0.1) is 0 Å². The molecule has 0 aliphatic rings. The largest absolute Gasteiger partial charge is 1.00 e. The van der Waals surface area contributed by atoms with Gasteiger partial charge in [0.1, 0.15) is 10.1 Å². The molecule has 0 aliphatic heterocycles. The summed E-state index contributed by atoms with van der Waals surface area (Å²) in [5.41, 5.74) is 1.87. The van der Waals surface area contributed by atoms with Crippen molar-refractivity contribution in [3.8, 4) is 0 Å². The standard InChI is InChI=1S/C32H52O3S.K/c1-3-5-7-9-11-13-15-17-19-23-28-27-29-24-21-22-26-31(29)32(36(33,34)35)30(28)25-20-18-16-14-12-10-8-6-4-2;/h21-22,24,26-27H,3-20,23,25H2,1-2H3,(H,33,34,35);/q;+1/p-1. The summed E-state index contributed by atoms with van der Waals surface area (Å²) in [7, 11) is -4.54. The summed E-state index contributed by atoms with van der Waals surface area (Å²) >= 11 is 0. The van der Waals surface area contributed by atoms with Gasteiger partial charge in [0.25, 0.3) is 0 Å². The van der Waals surface area contributed by atoms with Gasteiger partial charge in [0, 0.05) is 0 Å². The van der Waals surface area contributed by atoms with E-state index in [0.717, 1.165) is 48.6 Å². The van der Waals surface area contributed by atoms with Gasteiger partial charge in [-0.05, 0) is 47.6 Å². The molecule has 2 aromatic carbocycles. The molecule has 0 bridgehead atoms. The van der Waals surface area contributed by atoms with Crippen molar-refractivity contribution in [2.75, 3.05) is 0 Å². The molecule has 0 radical (unpaired) electrons. The van der Waals surface area contributed by atoms with E-state index in [1.54, 1.807) is 6.07 Å². The summed E-state index contributed by atoms with van der Waals surface area (Å²) in [4.78, 5) is 0.0473. The number of rotatable bonds is 21. The second-order valence-electron chi connectivity index (χ2n) is 10.7. The third-order valence-corrected chi connectivity index (χ3v) is 8.49. The van der Waals surface area contributed by atoms with Crippen molar-refractivity contribution in [1.29, 1.82) is 0 Å². The molecular weight excluding hydrogens is 504 g/mol. The van der Waals surface area contributed by atoms with Gasteiger partial charge >= 0.3 is 51.4 Å². The van der Waals surface area contributed by atoms with Crippen LogP contribution in [0.5, 0.6) is 0 Å². The molecule has 5 heteroatoms. The molecule has 0 amide bonds. The number of aryl methyl sites for hydroxylation is 1. The number of hydrogen-bond acceptors (Lipinski definition) is 3. The van der Waals surface area contributed by atoms with Gasteiger partial charge in [-0.3, -0.25) is 0 Å². The third kappa shape index (κ3) is 13.9. The fourth-order valence-electron chi connectivity index (χ4n) is 5.43. The minimum atomic E-state index is -4.54. The van der Waals surface area contributed by atoms with E-state index in [1.807, 2.05) is 18.2 Å². The van der Waals surface area contributed by atoms with Crippen LogP contribution in [0.4, 0.5) is 0 Å². The van der Waals surface area contributed by atoms with Crippen LogP contribution in [0.25, 0.3) is 10.8 Å². The van der Waals surface area contributed by atoms with E-state index in [2.05, 4.69) is 19.9 Å². The molecule has 3 nitrogen and oxygen atoms in total. The molecule has 0 aromatic heterocycles. The van der Waals surface area contributed by atoms with Gasteiger partial charge in [0.2, 0.25) is 0 Å². The molecule has 0 heterocycles. The van der Waals surface area contributed by atoms with Crippen LogP contribution in [0.2, 0.25) is 0 Å². The predicted molar refractivity (Wildman–Crippen MR) is 154 cm³/mol. The van der Waals surface area contributed by atoms with Crippen LogP contribution in [0, 0.1) is 0 Å². The number of unbranched alkanes of at least 4 members (excludes halogenated alkanes) is 16. The molecule has 0 spiro atoms. The fourth-order valence-corrected chi connectivity index (χ4v) is 6.42. The van der Waals surface area contributed by atoms with Crippen molar-refractivity contribution in [2.24, 2.45) is 0 Å². The Morgan fingerprint density at radius 2 is 1.05 bits per heavy atom. The molecular formula is C32H51KO3S. The van der Waals surface area contributed by atoms with Crippen molar-refractivity contribution in [1.82, 2.24) is 0 Å². The minimum Gasteiger partial charge on any atom is -0.744 e. The maximum Gasteiger partial charge on any atom is 1.00 e. The molecule has 0 saturated carbocycles. The van der Waals surface area contributed by atoms with E-state index >= 15 is 0 Å². The summed E-state index contributed by atoms with van der Waals surface area (Å²) in [6.07, 6.45) is 23.9. The van der Waals surface area contributed by atoms with Crippen LogP contribution in [-0.4, -0.2) is 13.0 Å². The quantitative estimate of drug-likeness (QED) is 0.0958. The predicted octanol–water partition coefficient (Wildman–Crippen LogP) is 6.89. The first-order chi connectivity index (χ1) is 17.5. The topological polar surface area (TPSA) is 57.2 Å². The summed E-state index contributed by atoms with van der Waals surface area (Å²) < 4.78 is 37.3. The first-order valence-electron chi connectivity index (χ1n) is 15.0. The van der Waals surface area contributed by atoms with E-state index in [1.165, 1.54) is 89.9 Å². The van der Waals surface area contributed by atoms with Crippen LogP contribution in [0.15, 0.2) is 35.2 Å². The first-order valence-corrected chi connectivity index (χ1v) is 16.4. The van der Waals surface area contributed by atoms with Gasteiger partial charge in [-0.2, -0.15) is 0 Å². The van der Waals surface area contributed by atoms with Gasteiger partial charge in [-0.25, -0.2) is 8.42 Å². The Balaban J connectivity index is 0.00000684. The van der Waals surface area contributed by atoms with E-state index in [4.69, 9.17) is 0 Å². The normalized spacial score (nSPS) is 11.6. The maximum absolute atomic E-state index is 12.4. The molecule has 2 aromatic rings. The van der Waals surface area contributed by atoms with Crippen molar-refractivity contribution in [3.05, 3.63) is 41.5 Å².